The van der Waals surface area contributed by atoms with E-state index < -0.39 is 0 Å². The van der Waals surface area contributed by atoms with Gasteiger partial charge in [0.25, 0.3) is 0 Å². The fourth-order valence-electron chi connectivity index (χ4n) is 2.97. The first-order valence-corrected chi connectivity index (χ1v) is 7.42. The fraction of sp³-hybridized carbons (Fsp3) is 0.625. The summed E-state index contributed by atoms with van der Waals surface area (Å²) in [5.41, 5.74) is 3.48. The Hall–Kier alpha value is -1.60. The second-order valence-corrected chi connectivity index (χ2v) is 6.05. The van der Waals surface area contributed by atoms with Gasteiger partial charge in [0, 0.05) is 26.0 Å². The molecule has 0 saturated heterocycles. The van der Waals surface area contributed by atoms with Crippen LogP contribution in [0.4, 0.5) is 5.82 Å². The summed E-state index contributed by atoms with van der Waals surface area (Å²) < 4.78 is 5.18. The zero-order valence-electron chi connectivity index (χ0n) is 12.0. The third-order valence-electron chi connectivity index (χ3n) is 4.60. The quantitative estimate of drug-likeness (QED) is 0.864. The maximum Gasteiger partial charge on any atom is 0.144 e. The zero-order valence-corrected chi connectivity index (χ0v) is 12.0. The van der Waals surface area contributed by atoms with Crippen LogP contribution in [0.15, 0.2) is 6.07 Å². The van der Waals surface area contributed by atoms with Gasteiger partial charge in [0.2, 0.25) is 0 Å². The topological polar surface area (TPSA) is 57.9 Å². The predicted octanol–water partition coefficient (Wildman–Crippen LogP) is 2.67. The van der Waals surface area contributed by atoms with Crippen LogP contribution in [-0.4, -0.2) is 25.2 Å². The van der Waals surface area contributed by atoms with Gasteiger partial charge in [-0.05, 0) is 55.6 Å². The van der Waals surface area contributed by atoms with E-state index in [-0.39, 0.29) is 0 Å². The molecule has 3 rings (SSSR count). The smallest absolute Gasteiger partial charge is 0.144 e. The van der Waals surface area contributed by atoms with Gasteiger partial charge in [0.05, 0.1) is 5.56 Å². The Bertz CT molecular complexity index is 543. The molecule has 1 saturated carbocycles. The van der Waals surface area contributed by atoms with E-state index in [1.54, 1.807) is 7.11 Å². The molecule has 1 fully saturated rings. The molecule has 0 amide bonds. The number of hydrogen-bond acceptors (Lipinski definition) is 4. The molecule has 0 unspecified atom stereocenters. The first-order chi connectivity index (χ1) is 9.76. The van der Waals surface area contributed by atoms with Gasteiger partial charge in [0.1, 0.15) is 11.9 Å². The molecule has 2 aliphatic rings. The molecule has 0 aliphatic heterocycles. The number of rotatable bonds is 6. The highest BCUT2D eigenvalue weighted by Crippen LogP contribution is 2.48. The molecular formula is C16H21N3O. The van der Waals surface area contributed by atoms with Crippen LogP contribution in [0.3, 0.4) is 0 Å². The molecule has 0 aromatic carbocycles. The van der Waals surface area contributed by atoms with E-state index in [2.05, 4.69) is 16.4 Å². The van der Waals surface area contributed by atoms with Crippen LogP contribution >= 0.6 is 0 Å². The Morgan fingerprint density at radius 2 is 2.30 bits per heavy atom. The highest BCUT2D eigenvalue weighted by Gasteiger charge is 2.41. The molecular weight excluding hydrogens is 250 g/mol. The van der Waals surface area contributed by atoms with Crippen LogP contribution < -0.4 is 5.32 Å². The average Bonchev–Trinajstić information content (AvgIpc) is 3.10. The molecule has 20 heavy (non-hydrogen) atoms. The summed E-state index contributed by atoms with van der Waals surface area (Å²) in [5, 5.41) is 12.7. The lowest BCUT2D eigenvalue weighted by Crippen LogP contribution is -2.18. The first-order valence-electron chi connectivity index (χ1n) is 7.42. The number of hydrogen-bond donors (Lipinski definition) is 1. The normalized spacial score (nSPS) is 18.4. The number of fused-ring (bicyclic) bond motifs is 1. The summed E-state index contributed by atoms with van der Waals surface area (Å²) >= 11 is 0. The Labute approximate surface area is 120 Å². The molecule has 0 spiro atoms. The average molecular weight is 271 g/mol. The van der Waals surface area contributed by atoms with E-state index in [0.717, 1.165) is 44.7 Å². The van der Waals surface area contributed by atoms with E-state index in [4.69, 9.17) is 4.74 Å². The number of nitrogens with one attached hydrogen (secondary N) is 1. The highest BCUT2D eigenvalue weighted by atomic mass is 16.5. The van der Waals surface area contributed by atoms with Gasteiger partial charge in [-0.2, -0.15) is 5.26 Å². The van der Waals surface area contributed by atoms with Gasteiger partial charge in [-0.3, -0.25) is 0 Å². The summed E-state index contributed by atoms with van der Waals surface area (Å²) in [7, 11) is 1.75. The van der Waals surface area contributed by atoms with Crippen molar-refractivity contribution in [3.63, 3.8) is 0 Å². The Balaban J connectivity index is 1.70. The van der Waals surface area contributed by atoms with Crippen molar-refractivity contribution in [3.05, 3.63) is 22.9 Å². The van der Waals surface area contributed by atoms with Crippen molar-refractivity contribution >= 4 is 5.82 Å². The number of nitrogens with zero attached hydrogens (tertiary/aromatic N) is 2. The molecule has 2 aliphatic carbocycles. The minimum absolute atomic E-state index is 0.365. The third-order valence-corrected chi connectivity index (χ3v) is 4.60. The number of aryl methyl sites for hydroxylation is 2. The van der Waals surface area contributed by atoms with Crippen molar-refractivity contribution in [3.8, 4) is 6.07 Å². The summed E-state index contributed by atoms with van der Waals surface area (Å²) in [4.78, 5) is 4.67. The maximum absolute atomic E-state index is 9.29. The Morgan fingerprint density at radius 3 is 3.00 bits per heavy atom. The summed E-state index contributed by atoms with van der Waals surface area (Å²) in [6.07, 6.45) is 6.85. The molecule has 4 nitrogen and oxygen atoms in total. The van der Waals surface area contributed by atoms with Crippen molar-refractivity contribution in [2.75, 3.05) is 25.6 Å². The second kappa shape index (κ2) is 5.41. The van der Waals surface area contributed by atoms with Crippen molar-refractivity contribution < 1.29 is 4.74 Å². The molecule has 0 bridgehead atoms. The van der Waals surface area contributed by atoms with E-state index in [0.29, 0.717) is 11.0 Å². The van der Waals surface area contributed by atoms with E-state index >= 15 is 0 Å². The predicted molar refractivity (Wildman–Crippen MR) is 77.6 cm³/mol. The second-order valence-electron chi connectivity index (χ2n) is 6.05. The zero-order chi connectivity index (χ0) is 14.0. The van der Waals surface area contributed by atoms with E-state index in [1.165, 1.54) is 24.1 Å². The van der Waals surface area contributed by atoms with Crippen molar-refractivity contribution in [2.45, 2.75) is 38.5 Å². The van der Waals surface area contributed by atoms with Crippen molar-refractivity contribution in [2.24, 2.45) is 5.41 Å². The lowest BCUT2D eigenvalue weighted by molar-refractivity contribution is 0.175. The number of nitriles is 1. The molecule has 0 radical (unpaired) electrons. The molecule has 1 aromatic heterocycles. The number of anilines is 1. The largest absolute Gasteiger partial charge is 0.385 e. The highest BCUT2D eigenvalue weighted by molar-refractivity contribution is 5.55. The number of aromatic nitrogens is 1. The van der Waals surface area contributed by atoms with Crippen molar-refractivity contribution in [1.82, 2.24) is 4.98 Å². The van der Waals surface area contributed by atoms with Gasteiger partial charge < -0.3 is 10.1 Å². The van der Waals surface area contributed by atoms with Crippen LogP contribution in [0.1, 0.15) is 42.5 Å². The van der Waals surface area contributed by atoms with E-state index in [9.17, 15) is 5.26 Å². The lowest BCUT2D eigenvalue weighted by atomic mass is 10.0. The summed E-state index contributed by atoms with van der Waals surface area (Å²) in [5.74, 6) is 0.775. The summed E-state index contributed by atoms with van der Waals surface area (Å²) in [6.45, 7) is 1.71. The minimum atomic E-state index is 0.365. The maximum atomic E-state index is 9.29. The summed E-state index contributed by atoms with van der Waals surface area (Å²) in [6, 6.07) is 4.30. The monoisotopic (exact) mass is 271 g/mol. The van der Waals surface area contributed by atoms with Crippen LogP contribution in [0.5, 0.6) is 0 Å². The molecule has 106 valence electrons. The van der Waals surface area contributed by atoms with Gasteiger partial charge >= 0.3 is 0 Å². The standard InChI is InChI=1S/C16H21N3O/c1-20-8-7-16(5-6-16)11-18-15-13(10-17)9-12-3-2-4-14(12)19-15/h9H,2-8,11H2,1H3,(H,18,19). The van der Waals surface area contributed by atoms with Crippen LogP contribution in [0.25, 0.3) is 0 Å². The molecule has 0 atom stereocenters. The SMILES string of the molecule is COCCC1(CNc2nc3c(cc2C#N)CCC3)CC1. The van der Waals surface area contributed by atoms with E-state index in [1.807, 2.05) is 6.07 Å². The number of ether oxygens (including phenoxy) is 1. The van der Waals surface area contributed by atoms with Crippen LogP contribution in [-0.2, 0) is 17.6 Å². The Kier molecular flexibility index (Phi) is 3.62. The van der Waals surface area contributed by atoms with Gasteiger partial charge in [0.15, 0.2) is 0 Å². The first kappa shape index (κ1) is 13.4. The van der Waals surface area contributed by atoms with Crippen LogP contribution in [0, 0.1) is 16.7 Å². The molecule has 4 heteroatoms. The Morgan fingerprint density at radius 1 is 1.45 bits per heavy atom. The third kappa shape index (κ3) is 2.64. The fourth-order valence-corrected chi connectivity index (χ4v) is 2.97. The van der Waals surface area contributed by atoms with Crippen LogP contribution in [0.2, 0.25) is 0 Å². The number of pyridine rings is 1. The van der Waals surface area contributed by atoms with Crippen molar-refractivity contribution in [1.29, 1.82) is 5.26 Å². The number of methoxy groups -OCH3 is 1. The van der Waals surface area contributed by atoms with Gasteiger partial charge in [-0.25, -0.2) is 4.98 Å². The molecule has 1 heterocycles. The van der Waals surface area contributed by atoms with Gasteiger partial charge in [-0.1, -0.05) is 0 Å². The molecule has 1 N–H and O–H groups in total. The molecule has 1 aromatic rings. The van der Waals surface area contributed by atoms with Gasteiger partial charge in [-0.15, -0.1) is 0 Å². The minimum Gasteiger partial charge on any atom is -0.385 e. The lowest BCUT2D eigenvalue weighted by Gasteiger charge is -2.17.